The number of carbonyl (C=O) groups is 1. The standard InChI is InChI=1S/C20H19FN4O2/c1-13-23-17(11-19(24-13)25-16-9-5-4-8-15(16)21)20(26)22-12-14-7-3-6-10-18(14)27-2/h3-11H,12H2,1-2H3,(H,22,26)(H,23,24,25). The second-order valence-electron chi connectivity index (χ2n) is 5.79. The molecule has 0 saturated heterocycles. The number of rotatable bonds is 6. The van der Waals surface area contributed by atoms with Gasteiger partial charge in [-0.1, -0.05) is 30.3 Å². The second-order valence-corrected chi connectivity index (χ2v) is 5.79. The molecule has 1 amide bonds. The summed E-state index contributed by atoms with van der Waals surface area (Å²) in [7, 11) is 1.58. The molecule has 1 heterocycles. The number of anilines is 2. The van der Waals surface area contributed by atoms with Crippen molar-refractivity contribution in [2.45, 2.75) is 13.5 Å². The summed E-state index contributed by atoms with van der Waals surface area (Å²) in [5.74, 6) is 0.673. The predicted octanol–water partition coefficient (Wildman–Crippen LogP) is 3.61. The zero-order valence-corrected chi connectivity index (χ0v) is 15.0. The summed E-state index contributed by atoms with van der Waals surface area (Å²) in [6, 6.07) is 15.2. The molecule has 138 valence electrons. The number of halogens is 1. The van der Waals surface area contributed by atoms with Gasteiger partial charge >= 0.3 is 0 Å². The van der Waals surface area contributed by atoms with E-state index in [0.29, 0.717) is 23.9 Å². The zero-order valence-electron chi connectivity index (χ0n) is 15.0. The lowest BCUT2D eigenvalue weighted by atomic mass is 10.2. The summed E-state index contributed by atoms with van der Waals surface area (Å²) < 4.78 is 19.1. The quantitative estimate of drug-likeness (QED) is 0.697. The molecule has 0 unspecified atom stereocenters. The maximum atomic E-state index is 13.8. The summed E-state index contributed by atoms with van der Waals surface area (Å²) in [4.78, 5) is 20.9. The van der Waals surface area contributed by atoms with Crippen molar-refractivity contribution in [1.29, 1.82) is 0 Å². The lowest BCUT2D eigenvalue weighted by Gasteiger charge is -2.11. The molecular weight excluding hydrogens is 347 g/mol. The molecule has 2 N–H and O–H groups in total. The fourth-order valence-corrected chi connectivity index (χ4v) is 2.56. The third kappa shape index (κ3) is 4.58. The van der Waals surface area contributed by atoms with Crippen LogP contribution in [-0.4, -0.2) is 23.0 Å². The first kappa shape index (κ1) is 18.3. The van der Waals surface area contributed by atoms with E-state index < -0.39 is 5.82 Å². The summed E-state index contributed by atoms with van der Waals surface area (Å²) in [5, 5.41) is 5.68. The van der Waals surface area contributed by atoms with Gasteiger partial charge in [-0.15, -0.1) is 0 Å². The van der Waals surface area contributed by atoms with Crippen molar-refractivity contribution in [3.05, 3.63) is 77.5 Å². The first-order chi connectivity index (χ1) is 13.1. The number of ether oxygens (including phenoxy) is 1. The smallest absolute Gasteiger partial charge is 0.270 e. The minimum atomic E-state index is -0.407. The summed E-state index contributed by atoms with van der Waals surface area (Å²) in [6.45, 7) is 1.96. The minimum absolute atomic E-state index is 0.191. The maximum absolute atomic E-state index is 13.8. The Kier molecular flexibility index (Phi) is 5.61. The van der Waals surface area contributed by atoms with Gasteiger partial charge in [0, 0.05) is 18.2 Å². The molecule has 3 aromatic rings. The molecule has 27 heavy (non-hydrogen) atoms. The number of methoxy groups -OCH3 is 1. The summed E-state index contributed by atoms with van der Waals surface area (Å²) in [5.41, 5.74) is 1.32. The van der Waals surface area contributed by atoms with Crippen molar-refractivity contribution < 1.29 is 13.9 Å². The normalized spacial score (nSPS) is 10.3. The number of hydrogen-bond donors (Lipinski definition) is 2. The Balaban J connectivity index is 1.75. The minimum Gasteiger partial charge on any atom is -0.496 e. The van der Waals surface area contributed by atoms with Crippen LogP contribution < -0.4 is 15.4 Å². The lowest BCUT2D eigenvalue weighted by molar-refractivity contribution is 0.0945. The molecule has 3 rings (SSSR count). The van der Waals surface area contributed by atoms with Gasteiger partial charge < -0.3 is 15.4 Å². The number of aromatic nitrogens is 2. The molecule has 0 aliphatic carbocycles. The van der Waals surface area contributed by atoms with Crippen molar-refractivity contribution >= 4 is 17.4 Å². The van der Waals surface area contributed by atoms with Crippen LogP contribution in [0.4, 0.5) is 15.9 Å². The van der Waals surface area contributed by atoms with Gasteiger partial charge in [0.1, 0.15) is 28.9 Å². The number of nitrogens with zero attached hydrogens (tertiary/aromatic N) is 2. The first-order valence-electron chi connectivity index (χ1n) is 8.34. The van der Waals surface area contributed by atoms with Gasteiger partial charge in [-0.25, -0.2) is 14.4 Å². The molecule has 0 radical (unpaired) electrons. The number of carbonyl (C=O) groups excluding carboxylic acids is 1. The van der Waals surface area contributed by atoms with Gasteiger partial charge in [0.05, 0.1) is 12.8 Å². The average molecular weight is 366 g/mol. The van der Waals surface area contributed by atoms with Crippen LogP contribution in [0.25, 0.3) is 0 Å². The molecule has 6 nitrogen and oxygen atoms in total. The Bertz CT molecular complexity index is 962. The van der Waals surface area contributed by atoms with Crippen LogP contribution in [0.5, 0.6) is 5.75 Å². The van der Waals surface area contributed by atoms with E-state index in [1.807, 2.05) is 24.3 Å². The summed E-state index contributed by atoms with van der Waals surface area (Å²) >= 11 is 0. The Morgan fingerprint density at radius 2 is 1.85 bits per heavy atom. The SMILES string of the molecule is COc1ccccc1CNC(=O)c1cc(Nc2ccccc2F)nc(C)n1. The fourth-order valence-electron chi connectivity index (χ4n) is 2.56. The number of para-hydroxylation sites is 2. The van der Waals surface area contributed by atoms with Crippen LogP contribution in [0.15, 0.2) is 54.6 Å². The largest absolute Gasteiger partial charge is 0.496 e. The number of benzene rings is 2. The van der Waals surface area contributed by atoms with Gasteiger partial charge in [-0.05, 0) is 25.1 Å². The number of hydrogen-bond acceptors (Lipinski definition) is 5. The van der Waals surface area contributed by atoms with Gasteiger partial charge in [0.25, 0.3) is 5.91 Å². The molecular formula is C20H19FN4O2. The Morgan fingerprint density at radius 1 is 1.11 bits per heavy atom. The van der Waals surface area contributed by atoms with Crippen LogP contribution in [-0.2, 0) is 6.54 Å². The molecule has 0 bridgehead atoms. The second kappa shape index (κ2) is 8.27. The molecule has 0 aliphatic rings. The van der Waals surface area contributed by atoms with E-state index in [2.05, 4.69) is 20.6 Å². The van der Waals surface area contributed by atoms with E-state index in [1.165, 1.54) is 12.1 Å². The van der Waals surface area contributed by atoms with E-state index in [4.69, 9.17) is 4.74 Å². The Hall–Kier alpha value is -3.48. The highest BCUT2D eigenvalue weighted by Crippen LogP contribution is 2.19. The third-order valence-electron chi connectivity index (χ3n) is 3.84. The van der Waals surface area contributed by atoms with E-state index in [1.54, 1.807) is 32.2 Å². The highest BCUT2D eigenvalue weighted by molar-refractivity contribution is 5.93. The molecule has 0 atom stereocenters. The molecule has 0 fully saturated rings. The van der Waals surface area contributed by atoms with Crippen LogP contribution in [0.2, 0.25) is 0 Å². The summed E-state index contributed by atoms with van der Waals surface area (Å²) in [6.07, 6.45) is 0. The Labute approximate surface area is 156 Å². The Morgan fingerprint density at radius 3 is 2.63 bits per heavy atom. The maximum Gasteiger partial charge on any atom is 0.270 e. The molecule has 1 aromatic heterocycles. The van der Waals surface area contributed by atoms with E-state index >= 15 is 0 Å². The number of amides is 1. The highest BCUT2D eigenvalue weighted by atomic mass is 19.1. The first-order valence-corrected chi connectivity index (χ1v) is 8.34. The molecule has 7 heteroatoms. The van der Waals surface area contributed by atoms with Crippen LogP contribution in [0.1, 0.15) is 21.9 Å². The van der Waals surface area contributed by atoms with E-state index in [-0.39, 0.29) is 17.3 Å². The highest BCUT2D eigenvalue weighted by Gasteiger charge is 2.12. The van der Waals surface area contributed by atoms with Gasteiger partial charge in [-0.2, -0.15) is 0 Å². The van der Waals surface area contributed by atoms with Gasteiger partial charge in [0.15, 0.2) is 0 Å². The van der Waals surface area contributed by atoms with Crippen LogP contribution in [0, 0.1) is 12.7 Å². The molecule has 0 spiro atoms. The average Bonchev–Trinajstić information content (AvgIpc) is 2.67. The molecule has 2 aromatic carbocycles. The van der Waals surface area contributed by atoms with Crippen molar-refractivity contribution in [1.82, 2.24) is 15.3 Å². The fraction of sp³-hybridized carbons (Fsp3) is 0.150. The van der Waals surface area contributed by atoms with Crippen molar-refractivity contribution in [3.63, 3.8) is 0 Å². The van der Waals surface area contributed by atoms with Crippen molar-refractivity contribution in [3.8, 4) is 5.75 Å². The van der Waals surface area contributed by atoms with Crippen molar-refractivity contribution in [2.24, 2.45) is 0 Å². The zero-order chi connectivity index (χ0) is 19.2. The van der Waals surface area contributed by atoms with E-state index in [9.17, 15) is 9.18 Å². The number of nitrogens with one attached hydrogen (secondary N) is 2. The predicted molar refractivity (Wildman–Crippen MR) is 101 cm³/mol. The number of aryl methyl sites for hydroxylation is 1. The molecule has 0 saturated carbocycles. The van der Waals surface area contributed by atoms with E-state index in [0.717, 1.165) is 5.56 Å². The van der Waals surface area contributed by atoms with Crippen LogP contribution >= 0.6 is 0 Å². The van der Waals surface area contributed by atoms with Crippen molar-refractivity contribution in [2.75, 3.05) is 12.4 Å². The molecule has 0 aliphatic heterocycles. The van der Waals surface area contributed by atoms with Gasteiger partial charge in [-0.3, -0.25) is 4.79 Å². The monoisotopic (exact) mass is 366 g/mol. The lowest BCUT2D eigenvalue weighted by Crippen LogP contribution is -2.24. The van der Waals surface area contributed by atoms with Gasteiger partial charge in [0.2, 0.25) is 0 Å². The third-order valence-corrected chi connectivity index (χ3v) is 3.84. The topological polar surface area (TPSA) is 76.1 Å². The van der Waals surface area contributed by atoms with Crippen LogP contribution in [0.3, 0.4) is 0 Å².